The molecule has 1 amide bonds. The number of nitrogens with two attached hydrogens (primary N) is 1. The number of halogens is 3. The molecular formula is C15H13F3N2O. The first-order valence-electron chi connectivity index (χ1n) is 6.17. The maximum absolute atomic E-state index is 12.9. The summed E-state index contributed by atoms with van der Waals surface area (Å²) in [6, 6.07) is 11.7. The maximum atomic E-state index is 12.9. The molecule has 3 nitrogen and oxygen atoms in total. The Morgan fingerprint density at radius 3 is 2.33 bits per heavy atom. The molecule has 3 N–H and O–H groups in total. The van der Waals surface area contributed by atoms with Crippen LogP contribution in [0.5, 0.6) is 0 Å². The quantitative estimate of drug-likeness (QED) is 0.908. The zero-order chi connectivity index (χ0) is 15.5. The van der Waals surface area contributed by atoms with Crippen LogP contribution in [0.2, 0.25) is 0 Å². The van der Waals surface area contributed by atoms with E-state index in [0.717, 1.165) is 6.07 Å². The van der Waals surface area contributed by atoms with Gasteiger partial charge in [0, 0.05) is 17.8 Å². The van der Waals surface area contributed by atoms with Crippen molar-refractivity contribution >= 4 is 11.6 Å². The van der Waals surface area contributed by atoms with Gasteiger partial charge in [0.15, 0.2) is 0 Å². The zero-order valence-corrected chi connectivity index (χ0v) is 10.9. The van der Waals surface area contributed by atoms with Crippen molar-refractivity contribution in [2.75, 3.05) is 5.32 Å². The molecule has 0 saturated heterocycles. The van der Waals surface area contributed by atoms with Crippen LogP contribution in [-0.4, -0.2) is 5.91 Å². The van der Waals surface area contributed by atoms with Crippen LogP contribution in [0.25, 0.3) is 0 Å². The fourth-order valence-corrected chi connectivity index (χ4v) is 1.99. The Labute approximate surface area is 119 Å². The number of primary amides is 1. The van der Waals surface area contributed by atoms with Gasteiger partial charge in [0.05, 0.1) is 5.56 Å². The zero-order valence-electron chi connectivity index (χ0n) is 10.9. The van der Waals surface area contributed by atoms with Gasteiger partial charge in [0.1, 0.15) is 0 Å². The van der Waals surface area contributed by atoms with E-state index in [0.29, 0.717) is 5.56 Å². The summed E-state index contributed by atoms with van der Waals surface area (Å²) in [7, 11) is 0. The molecule has 0 aliphatic heterocycles. The lowest BCUT2D eigenvalue weighted by atomic mass is 10.1. The lowest BCUT2D eigenvalue weighted by Crippen LogP contribution is -2.16. The lowest BCUT2D eigenvalue weighted by molar-refractivity contribution is -0.137. The number of hydrogen-bond acceptors (Lipinski definition) is 2. The third-order valence-electron chi connectivity index (χ3n) is 2.98. The molecule has 2 aromatic rings. The van der Waals surface area contributed by atoms with Crippen LogP contribution >= 0.6 is 0 Å². The first-order chi connectivity index (χ1) is 9.89. The first-order valence-corrected chi connectivity index (χ1v) is 6.17. The molecule has 0 bridgehead atoms. The predicted octanol–water partition coefficient (Wildman–Crippen LogP) is 3.42. The number of anilines is 1. The van der Waals surface area contributed by atoms with Crippen LogP contribution < -0.4 is 11.1 Å². The van der Waals surface area contributed by atoms with Gasteiger partial charge in [-0.2, -0.15) is 13.2 Å². The number of para-hydroxylation sites is 1. The molecule has 0 heterocycles. The third-order valence-corrected chi connectivity index (χ3v) is 2.98. The minimum absolute atomic E-state index is 0.0377. The van der Waals surface area contributed by atoms with Gasteiger partial charge in [-0.15, -0.1) is 0 Å². The standard InChI is InChI=1S/C15H13F3N2O/c16-15(17,18)12-7-3-4-8-13(12)20-9-10-5-1-2-6-11(10)14(19)21/h1-8,20H,9H2,(H2,19,21). The normalized spacial score (nSPS) is 11.2. The number of benzene rings is 2. The van der Waals surface area contributed by atoms with E-state index in [4.69, 9.17) is 5.73 Å². The van der Waals surface area contributed by atoms with Crippen LogP contribution in [0.1, 0.15) is 21.5 Å². The van der Waals surface area contributed by atoms with Crippen molar-refractivity contribution in [3.05, 3.63) is 65.2 Å². The number of nitrogens with one attached hydrogen (secondary N) is 1. The van der Waals surface area contributed by atoms with Crippen LogP contribution in [0, 0.1) is 0 Å². The highest BCUT2D eigenvalue weighted by Crippen LogP contribution is 2.34. The Hall–Kier alpha value is -2.50. The number of hydrogen-bond donors (Lipinski definition) is 2. The molecular weight excluding hydrogens is 281 g/mol. The summed E-state index contributed by atoms with van der Waals surface area (Å²) in [5, 5.41) is 2.70. The van der Waals surface area contributed by atoms with E-state index in [1.54, 1.807) is 18.2 Å². The Balaban J connectivity index is 2.24. The fraction of sp³-hybridized carbons (Fsp3) is 0.133. The molecule has 6 heteroatoms. The summed E-state index contributed by atoms with van der Waals surface area (Å²) < 4.78 is 38.6. The SMILES string of the molecule is NC(=O)c1ccccc1CNc1ccccc1C(F)(F)F. The first kappa shape index (κ1) is 14.9. The predicted molar refractivity (Wildman–Crippen MR) is 73.7 cm³/mol. The summed E-state index contributed by atoms with van der Waals surface area (Å²) in [4.78, 5) is 11.3. The van der Waals surface area contributed by atoms with Crippen molar-refractivity contribution in [2.24, 2.45) is 5.73 Å². The molecule has 0 fully saturated rings. The van der Waals surface area contributed by atoms with Gasteiger partial charge in [0.25, 0.3) is 0 Å². The van der Waals surface area contributed by atoms with Gasteiger partial charge in [0.2, 0.25) is 5.91 Å². The molecule has 0 aliphatic carbocycles. The molecule has 0 aromatic heterocycles. The van der Waals surface area contributed by atoms with Crippen molar-refractivity contribution in [2.45, 2.75) is 12.7 Å². The summed E-state index contributed by atoms with van der Waals surface area (Å²) in [5.74, 6) is -0.614. The Kier molecular flexibility index (Phi) is 4.16. The number of carbonyl (C=O) groups is 1. The van der Waals surface area contributed by atoms with Crippen molar-refractivity contribution < 1.29 is 18.0 Å². The van der Waals surface area contributed by atoms with Gasteiger partial charge in [-0.05, 0) is 23.8 Å². The number of carbonyl (C=O) groups excluding carboxylic acids is 1. The molecule has 0 unspecified atom stereocenters. The largest absolute Gasteiger partial charge is 0.418 e. The molecule has 21 heavy (non-hydrogen) atoms. The highest BCUT2D eigenvalue weighted by Gasteiger charge is 2.33. The molecule has 2 aromatic carbocycles. The van der Waals surface area contributed by atoms with Gasteiger partial charge >= 0.3 is 6.18 Å². The molecule has 2 rings (SSSR count). The summed E-state index contributed by atoms with van der Waals surface area (Å²) in [6.07, 6.45) is -4.44. The summed E-state index contributed by atoms with van der Waals surface area (Å²) in [5.41, 5.74) is 5.28. The van der Waals surface area contributed by atoms with E-state index >= 15 is 0 Å². The summed E-state index contributed by atoms with van der Waals surface area (Å²) in [6.45, 7) is 0.0756. The Bertz CT molecular complexity index is 653. The second kappa shape index (κ2) is 5.87. The van der Waals surface area contributed by atoms with Gasteiger partial charge in [-0.1, -0.05) is 30.3 Å². The van der Waals surface area contributed by atoms with Crippen LogP contribution in [0.4, 0.5) is 18.9 Å². The topological polar surface area (TPSA) is 55.1 Å². The van der Waals surface area contributed by atoms with Crippen molar-refractivity contribution in [1.82, 2.24) is 0 Å². The summed E-state index contributed by atoms with van der Waals surface area (Å²) >= 11 is 0. The molecule has 0 radical (unpaired) electrons. The van der Waals surface area contributed by atoms with E-state index in [-0.39, 0.29) is 17.8 Å². The second-order valence-corrected chi connectivity index (χ2v) is 4.42. The van der Waals surface area contributed by atoms with Gasteiger partial charge < -0.3 is 11.1 Å². The van der Waals surface area contributed by atoms with Crippen molar-refractivity contribution in [3.8, 4) is 0 Å². The smallest absolute Gasteiger partial charge is 0.380 e. The lowest BCUT2D eigenvalue weighted by Gasteiger charge is -2.15. The molecule has 0 spiro atoms. The molecule has 110 valence electrons. The second-order valence-electron chi connectivity index (χ2n) is 4.42. The number of alkyl halides is 3. The Morgan fingerprint density at radius 2 is 1.67 bits per heavy atom. The van der Waals surface area contributed by atoms with Crippen LogP contribution in [0.15, 0.2) is 48.5 Å². The van der Waals surface area contributed by atoms with Crippen LogP contribution in [-0.2, 0) is 12.7 Å². The minimum atomic E-state index is -4.44. The third kappa shape index (κ3) is 3.53. The maximum Gasteiger partial charge on any atom is 0.418 e. The average Bonchev–Trinajstić information content (AvgIpc) is 2.44. The monoisotopic (exact) mass is 294 g/mol. The van der Waals surface area contributed by atoms with Crippen LogP contribution in [0.3, 0.4) is 0 Å². The highest BCUT2D eigenvalue weighted by atomic mass is 19.4. The van der Waals surface area contributed by atoms with E-state index in [9.17, 15) is 18.0 Å². The molecule has 0 aliphatic rings. The average molecular weight is 294 g/mol. The molecule has 0 atom stereocenters. The van der Waals surface area contributed by atoms with E-state index < -0.39 is 17.6 Å². The van der Waals surface area contributed by atoms with Crippen molar-refractivity contribution in [3.63, 3.8) is 0 Å². The number of rotatable bonds is 4. The van der Waals surface area contributed by atoms with E-state index in [1.165, 1.54) is 24.3 Å². The highest BCUT2D eigenvalue weighted by molar-refractivity contribution is 5.94. The van der Waals surface area contributed by atoms with Gasteiger partial charge in [-0.3, -0.25) is 4.79 Å². The molecule has 0 saturated carbocycles. The van der Waals surface area contributed by atoms with E-state index in [2.05, 4.69) is 5.32 Å². The van der Waals surface area contributed by atoms with Crippen molar-refractivity contribution in [1.29, 1.82) is 0 Å². The number of amides is 1. The Morgan fingerprint density at radius 1 is 1.05 bits per heavy atom. The van der Waals surface area contributed by atoms with Gasteiger partial charge in [-0.25, -0.2) is 0 Å². The minimum Gasteiger partial charge on any atom is -0.380 e. The fourth-order valence-electron chi connectivity index (χ4n) is 1.99. The van der Waals surface area contributed by atoms with E-state index in [1.807, 2.05) is 0 Å².